The van der Waals surface area contributed by atoms with E-state index in [0.717, 1.165) is 16.2 Å². The van der Waals surface area contributed by atoms with E-state index in [1.165, 1.54) is 0 Å². The summed E-state index contributed by atoms with van der Waals surface area (Å²) in [7, 11) is -2.24. The highest BCUT2D eigenvalue weighted by Gasteiger charge is 2.69. The molecule has 0 aliphatic carbocycles. The van der Waals surface area contributed by atoms with E-state index in [0.29, 0.717) is 5.30 Å². The molecule has 2 bridgehead atoms. The summed E-state index contributed by atoms with van der Waals surface area (Å²) in [4.78, 5) is 10.6. The first-order valence-corrected chi connectivity index (χ1v) is 5.32. The van der Waals surface area contributed by atoms with Crippen molar-refractivity contribution >= 4 is 29.0 Å². The molecule has 1 unspecified atom stereocenters. The predicted octanol–water partition coefficient (Wildman–Crippen LogP) is -0.0406. The van der Waals surface area contributed by atoms with E-state index >= 15 is 0 Å². The number of fused-ring (bicyclic) bond motifs is 2. The summed E-state index contributed by atoms with van der Waals surface area (Å²) in [5, 5.41) is 11.2. The third-order valence-corrected chi connectivity index (χ3v) is 5.44. The number of aromatic carboxylic acids is 1. The number of hydrogen-bond acceptors (Lipinski definition) is 2. The second-order valence-electron chi connectivity index (χ2n) is 3.20. The van der Waals surface area contributed by atoms with Crippen LogP contribution in [0.4, 0.5) is 0 Å². The summed E-state index contributed by atoms with van der Waals surface area (Å²) in [6.07, 6.45) is 0. The van der Waals surface area contributed by atoms with Crippen LogP contribution in [0.25, 0.3) is 0 Å². The van der Waals surface area contributed by atoms with Crippen molar-refractivity contribution in [1.29, 1.82) is 0 Å². The minimum atomic E-state index is -2.24. The minimum absolute atomic E-state index is 0.251. The van der Waals surface area contributed by atoms with Gasteiger partial charge in [-0.1, -0.05) is 0 Å². The Bertz CT molecular complexity index is 502. The van der Waals surface area contributed by atoms with Crippen molar-refractivity contribution in [2.75, 3.05) is 0 Å². The van der Waals surface area contributed by atoms with Gasteiger partial charge < -0.3 is 9.67 Å². The summed E-state index contributed by atoms with van der Waals surface area (Å²) in [5.41, 5.74) is 1.13. The van der Waals surface area contributed by atoms with Gasteiger partial charge in [0.25, 0.3) is 0 Å². The molecule has 0 fully saturated rings. The first-order valence-electron chi connectivity index (χ1n) is 3.61. The Balaban J connectivity index is 2.38. The highest BCUT2D eigenvalue weighted by Crippen LogP contribution is 2.67. The topological polar surface area (TPSA) is 54.4 Å². The number of carbonyl (C=O) groups is 1. The third kappa shape index (κ3) is 0.410. The highest BCUT2D eigenvalue weighted by molar-refractivity contribution is 8.06. The molecule has 4 rings (SSSR count). The van der Waals surface area contributed by atoms with Crippen LogP contribution in [-0.2, 0) is 4.57 Å². The molecule has 4 heteroatoms. The van der Waals surface area contributed by atoms with E-state index in [-0.39, 0.29) is 5.56 Å². The summed E-state index contributed by atoms with van der Waals surface area (Å²) >= 11 is 0. The zero-order chi connectivity index (χ0) is 8.67. The number of benzene rings is 1. The van der Waals surface area contributed by atoms with Gasteiger partial charge >= 0.3 is 5.97 Å². The molecule has 3 nitrogen and oxygen atoms in total. The molecule has 0 spiro atoms. The fraction of sp³-hybridized carbons (Fsp3) is 0.125. The average molecular weight is 180 g/mol. The summed E-state index contributed by atoms with van der Waals surface area (Å²) in [6, 6.07) is 1.61. The second-order valence-corrected chi connectivity index (χ2v) is 5.76. The molecule has 1 atom stereocenters. The van der Waals surface area contributed by atoms with Crippen molar-refractivity contribution in [3.8, 4) is 0 Å². The van der Waals surface area contributed by atoms with Crippen LogP contribution in [0.3, 0.4) is 0 Å². The molecular formula is C8H5O3P. The fourth-order valence-corrected chi connectivity index (χ4v) is 4.99. The molecule has 1 N–H and O–H groups in total. The quantitative estimate of drug-likeness (QED) is 0.534. The number of aryl methyl sites for hydroxylation is 1. The smallest absolute Gasteiger partial charge is 0.336 e. The lowest BCUT2D eigenvalue weighted by atomic mass is 10.1. The Hall–Kier alpha value is -1.08. The lowest BCUT2D eigenvalue weighted by Gasteiger charge is -2.01. The van der Waals surface area contributed by atoms with Crippen LogP contribution in [0.1, 0.15) is 15.9 Å². The van der Waals surface area contributed by atoms with Gasteiger partial charge in [-0.2, -0.15) is 0 Å². The van der Waals surface area contributed by atoms with Gasteiger partial charge in [0.1, 0.15) is 0 Å². The number of carboxylic acids is 1. The van der Waals surface area contributed by atoms with Crippen molar-refractivity contribution in [3.63, 3.8) is 0 Å². The normalized spacial score (nSPS) is 26.4. The SMILES string of the molecule is Cc1cc(C(=O)O)c2c3c1P23=O. The van der Waals surface area contributed by atoms with Gasteiger partial charge in [-0.05, 0) is 18.6 Å². The van der Waals surface area contributed by atoms with E-state index in [4.69, 9.17) is 5.11 Å². The van der Waals surface area contributed by atoms with Crippen molar-refractivity contribution in [2.45, 2.75) is 6.92 Å². The van der Waals surface area contributed by atoms with Crippen molar-refractivity contribution in [2.24, 2.45) is 0 Å². The van der Waals surface area contributed by atoms with Crippen LogP contribution < -0.4 is 15.9 Å². The first kappa shape index (κ1) is 6.44. The monoisotopic (exact) mass is 180 g/mol. The largest absolute Gasteiger partial charge is 0.478 e. The maximum Gasteiger partial charge on any atom is 0.336 e. The Labute approximate surface area is 68.4 Å². The average Bonchev–Trinajstić information content (AvgIpc) is 2.75. The Morgan fingerprint density at radius 2 is 2.00 bits per heavy atom. The first-order chi connectivity index (χ1) is 5.58. The molecule has 3 heterocycles. The molecule has 0 amide bonds. The Morgan fingerprint density at radius 1 is 1.42 bits per heavy atom. The number of rotatable bonds is 1. The van der Waals surface area contributed by atoms with Gasteiger partial charge in [-0.3, -0.25) is 0 Å². The molecular weight excluding hydrogens is 175 g/mol. The highest BCUT2D eigenvalue weighted by atomic mass is 31.2. The van der Waals surface area contributed by atoms with Gasteiger partial charge in [-0.15, -0.1) is 0 Å². The van der Waals surface area contributed by atoms with E-state index in [1.807, 2.05) is 6.92 Å². The lowest BCUT2D eigenvalue weighted by molar-refractivity contribution is 0.0698. The summed E-state index contributed by atoms with van der Waals surface area (Å²) in [6.45, 7) is 1.81. The van der Waals surface area contributed by atoms with Gasteiger partial charge in [0.05, 0.1) is 5.56 Å². The molecule has 3 aliphatic rings. The molecule has 0 radical (unpaired) electrons. The minimum Gasteiger partial charge on any atom is -0.478 e. The Kier molecular flexibility index (Phi) is 0.740. The standard InChI is InChI=1S/C8H5O3P/c1-3-2-4(8(9)10)6-7-5(3)12(6,7)11/h2H,1H3,(H,9,10). The summed E-state index contributed by atoms with van der Waals surface area (Å²) in [5.74, 6) is -0.960. The van der Waals surface area contributed by atoms with E-state index in [1.54, 1.807) is 6.07 Å². The van der Waals surface area contributed by atoms with Crippen LogP contribution in [-0.4, -0.2) is 11.1 Å². The van der Waals surface area contributed by atoms with Gasteiger partial charge in [-0.25, -0.2) is 4.79 Å². The van der Waals surface area contributed by atoms with Crippen LogP contribution in [0, 0.1) is 6.92 Å². The maximum atomic E-state index is 11.6. The van der Waals surface area contributed by atoms with Gasteiger partial charge in [0, 0.05) is 15.9 Å². The van der Waals surface area contributed by atoms with Crippen molar-refractivity contribution < 1.29 is 14.5 Å². The fourth-order valence-electron chi connectivity index (χ4n) is 1.88. The van der Waals surface area contributed by atoms with Crippen LogP contribution in [0.5, 0.6) is 0 Å². The maximum absolute atomic E-state index is 11.6. The van der Waals surface area contributed by atoms with Crippen LogP contribution in [0.15, 0.2) is 6.07 Å². The van der Waals surface area contributed by atoms with Gasteiger partial charge in [0.15, 0.2) is 7.14 Å². The molecule has 12 heavy (non-hydrogen) atoms. The molecule has 3 aliphatic heterocycles. The molecule has 1 aromatic carbocycles. The summed E-state index contributed by atoms with van der Waals surface area (Å²) < 4.78 is 11.6. The van der Waals surface area contributed by atoms with Crippen LogP contribution >= 0.6 is 7.14 Å². The zero-order valence-electron chi connectivity index (χ0n) is 6.29. The molecule has 0 saturated heterocycles. The van der Waals surface area contributed by atoms with Crippen molar-refractivity contribution in [3.05, 3.63) is 17.2 Å². The second kappa shape index (κ2) is 1.38. The van der Waals surface area contributed by atoms with E-state index in [2.05, 4.69) is 0 Å². The molecule has 0 aromatic heterocycles. The Morgan fingerprint density at radius 3 is 2.42 bits per heavy atom. The zero-order valence-corrected chi connectivity index (χ0v) is 7.18. The van der Waals surface area contributed by atoms with E-state index in [9.17, 15) is 9.36 Å². The third-order valence-electron chi connectivity index (χ3n) is 2.51. The molecule has 0 saturated carbocycles. The number of hydrogen-bond donors (Lipinski definition) is 1. The molecule has 1 aromatic rings. The lowest BCUT2D eigenvalue weighted by Crippen LogP contribution is -2.19. The number of carboxylic acid groups (broad SMARTS) is 1. The van der Waals surface area contributed by atoms with E-state index < -0.39 is 13.1 Å². The molecule has 60 valence electrons. The van der Waals surface area contributed by atoms with Crippen LogP contribution in [0.2, 0.25) is 0 Å². The van der Waals surface area contributed by atoms with Gasteiger partial charge in [0.2, 0.25) is 0 Å². The van der Waals surface area contributed by atoms with Crippen molar-refractivity contribution in [1.82, 2.24) is 0 Å². The predicted molar refractivity (Wildman–Crippen MR) is 44.6 cm³/mol.